The fourth-order valence-corrected chi connectivity index (χ4v) is 1.88. The van der Waals surface area contributed by atoms with E-state index in [2.05, 4.69) is 10.6 Å². The summed E-state index contributed by atoms with van der Waals surface area (Å²) in [7, 11) is 1.64. The summed E-state index contributed by atoms with van der Waals surface area (Å²) >= 11 is 11.7. The van der Waals surface area contributed by atoms with Crippen LogP contribution in [0.25, 0.3) is 0 Å². The van der Waals surface area contributed by atoms with E-state index in [0.29, 0.717) is 35.3 Å². The second kappa shape index (κ2) is 8.32. The Morgan fingerprint density at radius 1 is 1.22 bits per heavy atom. The average molecular weight is 291 g/mol. The Morgan fingerprint density at radius 3 is 2.50 bits per heavy atom. The number of nitrogens with one attached hydrogen (secondary N) is 2. The Balaban J connectivity index is 2.31. The first-order valence-electron chi connectivity index (χ1n) is 5.57. The monoisotopic (exact) mass is 290 g/mol. The van der Waals surface area contributed by atoms with Crippen molar-refractivity contribution in [3.8, 4) is 0 Å². The molecule has 0 heterocycles. The molecule has 1 aromatic rings. The molecule has 0 bridgehead atoms. The molecule has 0 aromatic heterocycles. The number of benzene rings is 1. The van der Waals surface area contributed by atoms with Crippen LogP contribution in [0, 0.1) is 0 Å². The van der Waals surface area contributed by atoms with Gasteiger partial charge in [0.25, 0.3) is 0 Å². The summed E-state index contributed by atoms with van der Waals surface area (Å²) in [6.45, 7) is 1.96. The molecule has 1 amide bonds. The van der Waals surface area contributed by atoms with Crippen LogP contribution in [0.1, 0.15) is 6.42 Å². The van der Waals surface area contributed by atoms with Crippen molar-refractivity contribution < 1.29 is 9.53 Å². The summed E-state index contributed by atoms with van der Waals surface area (Å²) in [5.41, 5.74) is 0.606. The summed E-state index contributed by atoms with van der Waals surface area (Å²) in [5, 5.41) is 6.82. The number of hydrogen-bond donors (Lipinski definition) is 2. The SMILES string of the molecule is COCCNCCC(=O)Nc1cc(Cl)cc(Cl)c1. The van der Waals surface area contributed by atoms with E-state index in [0.717, 1.165) is 6.54 Å². The van der Waals surface area contributed by atoms with Gasteiger partial charge in [-0.3, -0.25) is 4.79 Å². The van der Waals surface area contributed by atoms with Gasteiger partial charge in [-0.15, -0.1) is 0 Å². The highest BCUT2D eigenvalue weighted by Gasteiger charge is 2.03. The molecule has 18 heavy (non-hydrogen) atoms. The second-order valence-corrected chi connectivity index (χ2v) is 4.57. The van der Waals surface area contributed by atoms with Crippen molar-refractivity contribution >= 4 is 34.8 Å². The van der Waals surface area contributed by atoms with Gasteiger partial charge in [-0.25, -0.2) is 0 Å². The van der Waals surface area contributed by atoms with E-state index in [4.69, 9.17) is 27.9 Å². The van der Waals surface area contributed by atoms with Crippen LogP contribution in [-0.2, 0) is 9.53 Å². The molecule has 0 aliphatic rings. The first kappa shape index (κ1) is 15.2. The lowest BCUT2D eigenvalue weighted by atomic mass is 10.3. The Labute approximate surface area is 117 Å². The number of carbonyl (C=O) groups excluding carboxylic acids is 1. The lowest BCUT2D eigenvalue weighted by Crippen LogP contribution is -2.24. The molecule has 100 valence electrons. The van der Waals surface area contributed by atoms with E-state index in [1.807, 2.05) is 0 Å². The molecule has 2 N–H and O–H groups in total. The van der Waals surface area contributed by atoms with E-state index in [-0.39, 0.29) is 5.91 Å². The summed E-state index contributed by atoms with van der Waals surface area (Å²) in [6.07, 6.45) is 0.383. The predicted molar refractivity (Wildman–Crippen MR) is 74.5 cm³/mol. The lowest BCUT2D eigenvalue weighted by Gasteiger charge is -2.07. The zero-order chi connectivity index (χ0) is 13.4. The molecule has 0 spiro atoms. The average Bonchev–Trinajstić information content (AvgIpc) is 2.27. The minimum atomic E-state index is -0.0850. The number of carbonyl (C=O) groups is 1. The first-order valence-corrected chi connectivity index (χ1v) is 6.33. The fraction of sp³-hybridized carbons (Fsp3) is 0.417. The van der Waals surface area contributed by atoms with Gasteiger partial charge >= 0.3 is 0 Å². The molecule has 6 heteroatoms. The molecular weight excluding hydrogens is 275 g/mol. The van der Waals surface area contributed by atoms with Crippen LogP contribution in [0.3, 0.4) is 0 Å². The van der Waals surface area contributed by atoms with Crippen molar-refractivity contribution in [2.45, 2.75) is 6.42 Å². The van der Waals surface area contributed by atoms with Crippen molar-refractivity contribution in [3.63, 3.8) is 0 Å². The largest absolute Gasteiger partial charge is 0.383 e. The van der Waals surface area contributed by atoms with Crippen molar-refractivity contribution in [1.82, 2.24) is 5.32 Å². The third-order valence-corrected chi connectivity index (χ3v) is 2.59. The third kappa shape index (κ3) is 6.21. The zero-order valence-electron chi connectivity index (χ0n) is 10.1. The third-order valence-electron chi connectivity index (χ3n) is 2.16. The van der Waals surface area contributed by atoms with Crippen LogP contribution in [0.5, 0.6) is 0 Å². The van der Waals surface area contributed by atoms with E-state index in [9.17, 15) is 4.79 Å². The standard InChI is InChI=1S/C12H16Cl2N2O2/c1-18-5-4-15-3-2-12(17)16-11-7-9(13)6-10(14)8-11/h6-8,15H,2-5H2,1H3,(H,16,17). The van der Waals surface area contributed by atoms with Crippen molar-refractivity contribution in [3.05, 3.63) is 28.2 Å². The Morgan fingerprint density at radius 2 is 1.89 bits per heavy atom. The molecule has 1 rings (SSSR count). The van der Waals surface area contributed by atoms with Crippen molar-refractivity contribution in [2.24, 2.45) is 0 Å². The fourth-order valence-electron chi connectivity index (χ4n) is 1.35. The minimum Gasteiger partial charge on any atom is -0.383 e. The van der Waals surface area contributed by atoms with Crippen LogP contribution in [-0.4, -0.2) is 32.7 Å². The lowest BCUT2D eigenvalue weighted by molar-refractivity contribution is -0.116. The Kier molecular flexibility index (Phi) is 7.05. The predicted octanol–water partition coefficient (Wildman–Crippen LogP) is 2.56. The van der Waals surface area contributed by atoms with Crippen LogP contribution < -0.4 is 10.6 Å². The van der Waals surface area contributed by atoms with Crippen LogP contribution >= 0.6 is 23.2 Å². The maximum absolute atomic E-state index is 11.6. The number of rotatable bonds is 7. The maximum atomic E-state index is 11.6. The van der Waals surface area contributed by atoms with E-state index in [1.54, 1.807) is 25.3 Å². The van der Waals surface area contributed by atoms with Crippen LogP contribution in [0.2, 0.25) is 10.0 Å². The summed E-state index contributed by atoms with van der Waals surface area (Å²) < 4.78 is 4.88. The normalized spacial score (nSPS) is 10.4. The highest BCUT2D eigenvalue weighted by molar-refractivity contribution is 6.35. The number of anilines is 1. The molecule has 0 saturated carbocycles. The summed E-state index contributed by atoms with van der Waals surface area (Å²) in [5.74, 6) is -0.0850. The molecule has 4 nitrogen and oxygen atoms in total. The van der Waals surface area contributed by atoms with Crippen molar-refractivity contribution in [1.29, 1.82) is 0 Å². The number of halogens is 2. The van der Waals surface area contributed by atoms with E-state index < -0.39 is 0 Å². The highest BCUT2D eigenvalue weighted by atomic mass is 35.5. The molecule has 0 radical (unpaired) electrons. The number of ether oxygens (including phenoxy) is 1. The van der Waals surface area contributed by atoms with Crippen LogP contribution in [0.15, 0.2) is 18.2 Å². The molecule has 0 aliphatic carbocycles. The smallest absolute Gasteiger partial charge is 0.225 e. The van der Waals surface area contributed by atoms with Crippen molar-refractivity contribution in [2.75, 3.05) is 32.1 Å². The topological polar surface area (TPSA) is 50.4 Å². The zero-order valence-corrected chi connectivity index (χ0v) is 11.6. The molecule has 0 atom stereocenters. The first-order chi connectivity index (χ1) is 8.61. The van der Waals surface area contributed by atoms with Gasteiger partial charge in [-0.1, -0.05) is 23.2 Å². The van der Waals surface area contributed by atoms with Gasteiger partial charge in [-0.05, 0) is 18.2 Å². The number of methoxy groups -OCH3 is 1. The molecule has 0 unspecified atom stereocenters. The molecule has 1 aromatic carbocycles. The van der Waals surface area contributed by atoms with E-state index in [1.165, 1.54) is 0 Å². The van der Waals surface area contributed by atoms with Gasteiger partial charge in [0, 0.05) is 42.4 Å². The Hall–Kier alpha value is -0.810. The second-order valence-electron chi connectivity index (χ2n) is 3.70. The van der Waals surface area contributed by atoms with E-state index >= 15 is 0 Å². The van der Waals surface area contributed by atoms with Gasteiger partial charge in [0.2, 0.25) is 5.91 Å². The van der Waals surface area contributed by atoms with Gasteiger partial charge in [-0.2, -0.15) is 0 Å². The summed E-state index contributed by atoms with van der Waals surface area (Å²) in [6, 6.07) is 4.93. The van der Waals surface area contributed by atoms with Gasteiger partial charge < -0.3 is 15.4 Å². The Bertz CT molecular complexity index is 379. The molecule has 0 saturated heterocycles. The quantitative estimate of drug-likeness (QED) is 0.759. The maximum Gasteiger partial charge on any atom is 0.225 e. The minimum absolute atomic E-state index is 0.0850. The summed E-state index contributed by atoms with van der Waals surface area (Å²) in [4.78, 5) is 11.6. The number of hydrogen-bond acceptors (Lipinski definition) is 3. The van der Waals surface area contributed by atoms with Crippen LogP contribution in [0.4, 0.5) is 5.69 Å². The number of amides is 1. The van der Waals surface area contributed by atoms with Gasteiger partial charge in [0.1, 0.15) is 0 Å². The van der Waals surface area contributed by atoms with Gasteiger partial charge in [0.05, 0.1) is 6.61 Å². The molecular formula is C12H16Cl2N2O2. The molecule has 0 aliphatic heterocycles. The van der Waals surface area contributed by atoms with Gasteiger partial charge in [0.15, 0.2) is 0 Å². The molecule has 0 fully saturated rings. The highest BCUT2D eigenvalue weighted by Crippen LogP contribution is 2.22.